The van der Waals surface area contributed by atoms with E-state index in [0.29, 0.717) is 31.1 Å². The highest BCUT2D eigenvalue weighted by atomic mass is 16.6. The Labute approximate surface area is 192 Å². The lowest BCUT2D eigenvalue weighted by Gasteiger charge is -2.29. The Bertz CT molecular complexity index is 1130. The molecule has 3 N–H and O–H groups in total. The minimum atomic E-state index is -0.731. The molecule has 8 heteroatoms. The van der Waals surface area contributed by atoms with Gasteiger partial charge in [0.1, 0.15) is 0 Å². The van der Waals surface area contributed by atoms with E-state index in [4.69, 9.17) is 9.47 Å². The average molecular weight is 449 g/mol. The van der Waals surface area contributed by atoms with Crippen molar-refractivity contribution in [2.75, 3.05) is 48.4 Å². The van der Waals surface area contributed by atoms with Gasteiger partial charge in [0, 0.05) is 37.2 Å². The van der Waals surface area contributed by atoms with Crippen LogP contribution in [-0.2, 0) is 4.74 Å². The molecule has 2 aromatic carbocycles. The van der Waals surface area contributed by atoms with Crippen molar-refractivity contribution in [1.29, 1.82) is 0 Å². The number of benzene rings is 2. The number of anilines is 3. The molecule has 1 saturated heterocycles. The third-order valence-electron chi connectivity index (χ3n) is 5.55. The summed E-state index contributed by atoms with van der Waals surface area (Å²) in [5.74, 6) is 0.134. The molecule has 4 rings (SSSR count). The van der Waals surface area contributed by atoms with Crippen molar-refractivity contribution in [3.05, 3.63) is 82.8 Å². The van der Waals surface area contributed by atoms with E-state index in [1.807, 2.05) is 36.4 Å². The second-order valence-electron chi connectivity index (χ2n) is 7.91. The number of morpholine rings is 1. The number of H-pyrrole nitrogens is 1. The van der Waals surface area contributed by atoms with Crippen molar-refractivity contribution in [1.82, 2.24) is 4.98 Å². The quantitative estimate of drug-likeness (QED) is 0.505. The zero-order valence-electron chi connectivity index (χ0n) is 18.5. The fourth-order valence-corrected chi connectivity index (χ4v) is 3.71. The largest absolute Gasteiger partial charge is 0.417 e. The molecule has 172 valence electrons. The topological polar surface area (TPSA) is 95.7 Å². The van der Waals surface area contributed by atoms with E-state index in [-0.39, 0.29) is 11.7 Å². The smallest absolute Gasteiger partial charge is 0.402 e. The van der Waals surface area contributed by atoms with Crippen molar-refractivity contribution in [3.63, 3.8) is 0 Å². The van der Waals surface area contributed by atoms with Crippen LogP contribution in [0.3, 0.4) is 0 Å². The molecule has 3 aromatic rings. The maximum atomic E-state index is 12.6. The maximum absolute atomic E-state index is 12.6. The first-order chi connectivity index (χ1) is 16.1. The summed E-state index contributed by atoms with van der Waals surface area (Å²) in [4.78, 5) is 29.7. The van der Waals surface area contributed by atoms with Crippen LogP contribution in [0.5, 0.6) is 5.75 Å². The Morgan fingerprint density at radius 3 is 2.70 bits per heavy atom. The van der Waals surface area contributed by atoms with Crippen LogP contribution in [0.25, 0.3) is 0 Å². The molecule has 1 fully saturated rings. The van der Waals surface area contributed by atoms with Crippen LogP contribution in [0.15, 0.2) is 71.7 Å². The lowest BCUT2D eigenvalue weighted by Crippen LogP contribution is -2.36. The van der Waals surface area contributed by atoms with Gasteiger partial charge in [-0.1, -0.05) is 43.3 Å². The SMILES string of the molecule is CC(CNc1cc[nH]c(=O)c1OC(=O)Nc1cccc(N2CCOCC2)c1)c1ccccc1. The van der Waals surface area contributed by atoms with Crippen molar-refractivity contribution in [2.45, 2.75) is 12.8 Å². The van der Waals surface area contributed by atoms with Gasteiger partial charge in [0.25, 0.3) is 5.56 Å². The number of nitrogens with zero attached hydrogens (tertiary/aromatic N) is 1. The van der Waals surface area contributed by atoms with E-state index in [1.54, 1.807) is 12.1 Å². The van der Waals surface area contributed by atoms with Gasteiger partial charge >= 0.3 is 6.09 Å². The molecule has 8 nitrogen and oxygen atoms in total. The highest BCUT2D eigenvalue weighted by Gasteiger charge is 2.16. The van der Waals surface area contributed by atoms with Gasteiger partial charge in [0.15, 0.2) is 0 Å². The molecule has 1 atom stereocenters. The third-order valence-corrected chi connectivity index (χ3v) is 5.55. The van der Waals surface area contributed by atoms with Gasteiger partial charge in [0.2, 0.25) is 5.75 Å². The molecule has 1 unspecified atom stereocenters. The number of hydrogen-bond donors (Lipinski definition) is 3. The van der Waals surface area contributed by atoms with Crippen molar-refractivity contribution in [2.24, 2.45) is 0 Å². The van der Waals surface area contributed by atoms with Crippen molar-refractivity contribution >= 4 is 23.2 Å². The Kier molecular flexibility index (Phi) is 7.26. The van der Waals surface area contributed by atoms with Gasteiger partial charge in [-0.3, -0.25) is 10.1 Å². The monoisotopic (exact) mass is 448 g/mol. The summed E-state index contributed by atoms with van der Waals surface area (Å²) < 4.78 is 10.8. The highest BCUT2D eigenvalue weighted by molar-refractivity contribution is 5.87. The number of nitrogens with one attached hydrogen (secondary N) is 3. The molecule has 1 amide bonds. The van der Waals surface area contributed by atoms with Crippen LogP contribution in [0.4, 0.5) is 21.9 Å². The Morgan fingerprint density at radius 2 is 1.91 bits per heavy atom. The number of aromatic nitrogens is 1. The van der Waals surface area contributed by atoms with Crippen molar-refractivity contribution in [3.8, 4) is 5.75 Å². The first kappa shape index (κ1) is 22.4. The molecular weight excluding hydrogens is 420 g/mol. The summed E-state index contributed by atoms with van der Waals surface area (Å²) in [6, 6.07) is 19.3. The number of aromatic amines is 1. The summed E-state index contributed by atoms with van der Waals surface area (Å²) in [6.07, 6.45) is 0.791. The number of pyridine rings is 1. The van der Waals surface area contributed by atoms with Gasteiger partial charge in [-0.25, -0.2) is 4.79 Å². The molecular formula is C25H28N4O4. The molecule has 1 aliphatic heterocycles. The summed E-state index contributed by atoms with van der Waals surface area (Å²) in [5.41, 5.74) is 2.73. The first-order valence-corrected chi connectivity index (χ1v) is 11.0. The highest BCUT2D eigenvalue weighted by Crippen LogP contribution is 2.23. The number of carbonyl (C=O) groups excluding carboxylic acids is 1. The average Bonchev–Trinajstić information content (AvgIpc) is 2.85. The number of rotatable bonds is 7. The van der Waals surface area contributed by atoms with E-state index >= 15 is 0 Å². The number of ether oxygens (including phenoxy) is 2. The second kappa shape index (κ2) is 10.7. The second-order valence-corrected chi connectivity index (χ2v) is 7.91. The van der Waals surface area contributed by atoms with Gasteiger partial charge < -0.3 is 24.7 Å². The lowest BCUT2D eigenvalue weighted by atomic mass is 10.0. The van der Waals surface area contributed by atoms with Crippen LogP contribution < -0.4 is 25.8 Å². The predicted molar refractivity (Wildman–Crippen MR) is 130 cm³/mol. The van der Waals surface area contributed by atoms with Crippen LogP contribution in [0.2, 0.25) is 0 Å². The zero-order chi connectivity index (χ0) is 23.0. The minimum Gasteiger partial charge on any atom is -0.402 e. The standard InChI is InChI=1S/C25H28N4O4/c1-18(19-6-3-2-4-7-19)17-27-22-10-11-26-24(30)23(22)33-25(31)28-20-8-5-9-21(16-20)29-12-14-32-15-13-29/h2-11,16,18H,12-15,17H2,1H3,(H,28,31)(H2,26,27,30). The fourth-order valence-electron chi connectivity index (χ4n) is 3.71. The fraction of sp³-hybridized carbons (Fsp3) is 0.280. The normalized spacial score (nSPS) is 14.4. The Morgan fingerprint density at radius 1 is 1.12 bits per heavy atom. The Hall–Kier alpha value is -3.78. The van der Waals surface area contributed by atoms with Crippen LogP contribution >= 0.6 is 0 Å². The van der Waals surface area contributed by atoms with Crippen LogP contribution in [-0.4, -0.2) is 43.9 Å². The first-order valence-electron chi connectivity index (χ1n) is 11.0. The Balaban J connectivity index is 1.41. The molecule has 0 bridgehead atoms. The maximum Gasteiger partial charge on any atom is 0.417 e. The van der Waals surface area contributed by atoms with Gasteiger partial charge in [-0.15, -0.1) is 0 Å². The molecule has 0 aliphatic carbocycles. The summed E-state index contributed by atoms with van der Waals surface area (Å²) in [6.45, 7) is 5.61. The molecule has 2 heterocycles. The van der Waals surface area contributed by atoms with E-state index in [9.17, 15) is 9.59 Å². The molecule has 33 heavy (non-hydrogen) atoms. The van der Waals surface area contributed by atoms with E-state index in [1.165, 1.54) is 11.8 Å². The van der Waals surface area contributed by atoms with E-state index < -0.39 is 11.7 Å². The predicted octanol–water partition coefficient (Wildman–Crippen LogP) is 4.04. The molecule has 1 aliphatic rings. The molecule has 0 spiro atoms. The van der Waals surface area contributed by atoms with Gasteiger partial charge in [0.05, 0.1) is 18.9 Å². The molecule has 0 saturated carbocycles. The summed E-state index contributed by atoms with van der Waals surface area (Å²) >= 11 is 0. The van der Waals surface area contributed by atoms with Crippen LogP contribution in [0.1, 0.15) is 18.4 Å². The molecule has 0 radical (unpaired) electrons. The van der Waals surface area contributed by atoms with Crippen molar-refractivity contribution < 1.29 is 14.3 Å². The summed E-state index contributed by atoms with van der Waals surface area (Å²) in [7, 11) is 0. The number of amides is 1. The minimum absolute atomic E-state index is 0.0698. The zero-order valence-corrected chi connectivity index (χ0v) is 18.5. The van der Waals surface area contributed by atoms with Gasteiger partial charge in [-0.2, -0.15) is 0 Å². The summed E-state index contributed by atoms with van der Waals surface area (Å²) in [5, 5.41) is 5.95. The molecule has 1 aromatic heterocycles. The number of hydrogen-bond acceptors (Lipinski definition) is 6. The van der Waals surface area contributed by atoms with E-state index in [2.05, 4.69) is 39.6 Å². The lowest BCUT2D eigenvalue weighted by molar-refractivity contribution is 0.122. The third kappa shape index (κ3) is 5.93. The van der Waals surface area contributed by atoms with Crippen LogP contribution in [0, 0.1) is 0 Å². The van der Waals surface area contributed by atoms with E-state index in [0.717, 1.165) is 18.8 Å². The number of carbonyl (C=O) groups is 1. The van der Waals surface area contributed by atoms with Gasteiger partial charge in [-0.05, 0) is 35.7 Å².